The second-order valence-corrected chi connectivity index (χ2v) is 7.26. The fraction of sp³-hybridized carbons (Fsp3) is 0.333. The highest BCUT2D eigenvalue weighted by atomic mass is 79.9. The van der Waals surface area contributed by atoms with Crippen LogP contribution in [0.2, 0.25) is 0 Å². The average molecular weight is 372 g/mol. The monoisotopic (exact) mass is 371 g/mol. The molecule has 0 aliphatic heterocycles. The van der Waals surface area contributed by atoms with Gasteiger partial charge in [-0.05, 0) is 44.5 Å². The molecule has 1 atom stereocenters. The lowest BCUT2D eigenvalue weighted by Crippen LogP contribution is -2.27. The largest absolute Gasteiger partial charge is 0.466 e. The second kappa shape index (κ2) is 6.34. The number of rotatable bonds is 5. The first-order valence-corrected chi connectivity index (χ1v) is 9.18. The number of hydrogen-bond donors (Lipinski definition) is 1. The molecule has 1 N–H and O–H groups in total. The summed E-state index contributed by atoms with van der Waals surface area (Å²) in [5.74, 6) is 1.51. The van der Waals surface area contributed by atoms with Crippen LogP contribution in [-0.4, -0.2) is 8.42 Å². The Labute approximate surface area is 133 Å². The summed E-state index contributed by atoms with van der Waals surface area (Å²) in [7, 11) is -3.55. The molecule has 0 saturated heterocycles. The van der Waals surface area contributed by atoms with Crippen LogP contribution in [0.15, 0.2) is 39.6 Å². The molecule has 0 aliphatic rings. The van der Waals surface area contributed by atoms with Gasteiger partial charge in [0.25, 0.3) is 0 Å². The maximum absolute atomic E-state index is 12.4. The van der Waals surface area contributed by atoms with Crippen LogP contribution >= 0.6 is 15.9 Å². The van der Waals surface area contributed by atoms with E-state index in [1.165, 1.54) is 0 Å². The highest BCUT2D eigenvalue weighted by molar-refractivity contribution is 9.08. The topological polar surface area (TPSA) is 59.3 Å². The normalized spacial score (nSPS) is 13.3. The number of nitrogens with one attached hydrogen (secondary N) is 1. The molecule has 2 rings (SSSR count). The fourth-order valence-electron chi connectivity index (χ4n) is 2.20. The predicted molar refractivity (Wildman–Crippen MR) is 86.0 cm³/mol. The lowest BCUT2D eigenvalue weighted by atomic mass is 10.1. The van der Waals surface area contributed by atoms with E-state index in [0.717, 1.165) is 22.6 Å². The Morgan fingerprint density at radius 3 is 2.33 bits per heavy atom. The Hall–Kier alpha value is -1.11. The highest BCUT2D eigenvalue weighted by Crippen LogP contribution is 2.23. The lowest BCUT2D eigenvalue weighted by Gasteiger charge is -2.14. The molecule has 0 spiro atoms. The van der Waals surface area contributed by atoms with Crippen molar-refractivity contribution in [2.45, 2.75) is 37.0 Å². The van der Waals surface area contributed by atoms with Gasteiger partial charge >= 0.3 is 0 Å². The second-order valence-electron chi connectivity index (χ2n) is 4.99. The quantitative estimate of drug-likeness (QED) is 0.812. The smallest absolute Gasteiger partial charge is 0.241 e. The van der Waals surface area contributed by atoms with Gasteiger partial charge in [0.1, 0.15) is 11.5 Å². The molecule has 1 aromatic carbocycles. The van der Waals surface area contributed by atoms with E-state index < -0.39 is 10.0 Å². The predicted octanol–water partition coefficient (Wildman–Crippen LogP) is 3.83. The first-order valence-electron chi connectivity index (χ1n) is 6.57. The standard InChI is InChI=1S/C15H18BrNO3S/c1-10-8-15(12(3)20-10)11(2)17-21(18,19)14-6-4-13(9-16)5-7-14/h4-8,11,17H,9H2,1-3H3. The van der Waals surface area contributed by atoms with Crippen molar-refractivity contribution in [1.82, 2.24) is 4.72 Å². The van der Waals surface area contributed by atoms with Gasteiger partial charge in [0, 0.05) is 16.9 Å². The van der Waals surface area contributed by atoms with E-state index in [9.17, 15) is 8.42 Å². The number of sulfonamides is 1. The van der Waals surface area contributed by atoms with E-state index in [-0.39, 0.29) is 10.9 Å². The molecule has 0 aliphatic carbocycles. The van der Waals surface area contributed by atoms with Gasteiger partial charge in [0.05, 0.1) is 4.90 Å². The summed E-state index contributed by atoms with van der Waals surface area (Å²) in [4.78, 5) is 0.261. The van der Waals surface area contributed by atoms with Gasteiger partial charge < -0.3 is 4.42 Å². The first-order chi connectivity index (χ1) is 9.83. The molecule has 0 saturated carbocycles. The lowest BCUT2D eigenvalue weighted by molar-refractivity contribution is 0.496. The van der Waals surface area contributed by atoms with Crippen molar-refractivity contribution in [3.8, 4) is 0 Å². The third-order valence-corrected chi connectivity index (χ3v) is 5.47. The number of benzene rings is 1. The summed E-state index contributed by atoms with van der Waals surface area (Å²) in [5, 5.41) is 0.699. The van der Waals surface area contributed by atoms with Crippen molar-refractivity contribution in [1.29, 1.82) is 0 Å². The molecule has 1 aromatic heterocycles. The molecule has 0 radical (unpaired) electrons. The van der Waals surface area contributed by atoms with Crippen LogP contribution in [0.3, 0.4) is 0 Å². The maximum atomic E-state index is 12.4. The molecule has 0 bridgehead atoms. The van der Waals surface area contributed by atoms with Crippen molar-refractivity contribution in [3.63, 3.8) is 0 Å². The molecule has 6 heteroatoms. The van der Waals surface area contributed by atoms with Crippen LogP contribution < -0.4 is 4.72 Å². The van der Waals surface area contributed by atoms with E-state index >= 15 is 0 Å². The minimum absolute atomic E-state index is 0.261. The summed E-state index contributed by atoms with van der Waals surface area (Å²) < 4.78 is 32.9. The zero-order valence-corrected chi connectivity index (χ0v) is 14.6. The van der Waals surface area contributed by atoms with Crippen molar-refractivity contribution in [2.75, 3.05) is 0 Å². The van der Waals surface area contributed by atoms with E-state index in [4.69, 9.17) is 4.42 Å². The first kappa shape index (κ1) is 16.3. The summed E-state index contributed by atoms with van der Waals surface area (Å²) in [6.45, 7) is 5.48. The SMILES string of the molecule is Cc1cc(C(C)NS(=O)(=O)c2ccc(CBr)cc2)c(C)o1. The molecular weight excluding hydrogens is 354 g/mol. The zero-order chi connectivity index (χ0) is 15.6. The molecule has 1 unspecified atom stereocenters. The van der Waals surface area contributed by atoms with Crippen molar-refractivity contribution in [2.24, 2.45) is 0 Å². The van der Waals surface area contributed by atoms with Gasteiger partial charge in [-0.1, -0.05) is 28.1 Å². The van der Waals surface area contributed by atoms with Crippen LogP contribution in [-0.2, 0) is 15.4 Å². The highest BCUT2D eigenvalue weighted by Gasteiger charge is 2.21. The Balaban J connectivity index is 2.22. The Bertz CT molecular complexity index is 720. The van der Waals surface area contributed by atoms with Crippen LogP contribution in [0.4, 0.5) is 0 Å². The average Bonchev–Trinajstić information content (AvgIpc) is 2.77. The molecule has 4 nitrogen and oxygen atoms in total. The van der Waals surface area contributed by atoms with Gasteiger partial charge in [-0.3, -0.25) is 0 Å². The van der Waals surface area contributed by atoms with Gasteiger partial charge in [-0.25, -0.2) is 13.1 Å². The van der Waals surface area contributed by atoms with Gasteiger partial charge in [-0.2, -0.15) is 0 Å². The third-order valence-electron chi connectivity index (χ3n) is 3.27. The summed E-state index contributed by atoms with van der Waals surface area (Å²) in [6.07, 6.45) is 0. The van der Waals surface area contributed by atoms with Gasteiger partial charge in [0.15, 0.2) is 0 Å². The van der Waals surface area contributed by atoms with Gasteiger partial charge in [0.2, 0.25) is 10.0 Å². The molecule has 21 heavy (non-hydrogen) atoms. The van der Waals surface area contributed by atoms with E-state index in [1.807, 2.05) is 26.8 Å². The van der Waals surface area contributed by atoms with Crippen LogP contribution in [0.25, 0.3) is 0 Å². The molecule has 0 amide bonds. The Kier molecular flexibility index (Phi) is 4.91. The van der Waals surface area contributed by atoms with Crippen molar-refractivity contribution < 1.29 is 12.8 Å². The zero-order valence-electron chi connectivity index (χ0n) is 12.2. The number of hydrogen-bond acceptors (Lipinski definition) is 3. The molecule has 114 valence electrons. The minimum atomic E-state index is -3.55. The Morgan fingerprint density at radius 2 is 1.86 bits per heavy atom. The summed E-state index contributed by atoms with van der Waals surface area (Å²) in [6, 6.07) is 8.32. The molecule has 2 aromatic rings. The third kappa shape index (κ3) is 3.75. The minimum Gasteiger partial charge on any atom is -0.466 e. The molecule has 0 fully saturated rings. The van der Waals surface area contributed by atoms with Crippen LogP contribution in [0.1, 0.15) is 35.6 Å². The molecular formula is C15H18BrNO3S. The van der Waals surface area contributed by atoms with Crippen molar-refractivity contribution in [3.05, 3.63) is 53.0 Å². The maximum Gasteiger partial charge on any atom is 0.241 e. The Morgan fingerprint density at radius 1 is 1.24 bits per heavy atom. The summed E-state index contributed by atoms with van der Waals surface area (Å²) >= 11 is 3.34. The number of alkyl halides is 1. The number of furan rings is 1. The molecule has 1 heterocycles. The van der Waals surface area contributed by atoms with Crippen LogP contribution in [0, 0.1) is 13.8 Å². The number of halogens is 1. The fourth-order valence-corrected chi connectivity index (χ4v) is 3.80. The van der Waals surface area contributed by atoms with Crippen LogP contribution in [0.5, 0.6) is 0 Å². The van der Waals surface area contributed by atoms with E-state index in [2.05, 4.69) is 20.7 Å². The van der Waals surface area contributed by atoms with E-state index in [0.29, 0.717) is 5.33 Å². The summed E-state index contributed by atoms with van der Waals surface area (Å²) in [5.41, 5.74) is 1.89. The van der Waals surface area contributed by atoms with E-state index in [1.54, 1.807) is 24.3 Å². The van der Waals surface area contributed by atoms with Gasteiger partial charge in [-0.15, -0.1) is 0 Å². The van der Waals surface area contributed by atoms with Crippen molar-refractivity contribution >= 4 is 26.0 Å². The number of aryl methyl sites for hydroxylation is 2.